The van der Waals surface area contributed by atoms with Crippen molar-refractivity contribution in [1.29, 1.82) is 0 Å². The topological polar surface area (TPSA) is 53.7 Å². The van der Waals surface area contributed by atoms with Crippen LogP contribution in [-0.2, 0) is 16.0 Å². The predicted octanol–water partition coefficient (Wildman–Crippen LogP) is 1.33. The zero-order valence-corrected chi connectivity index (χ0v) is 9.93. The summed E-state index contributed by atoms with van der Waals surface area (Å²) < 4.78 is 16.2. The van der Waals surface area contributed by atoms with E-state index in [2.05, 4.69) is 0 Å². The SMILES string of the molecule is NCc1cccc(OCCCOC2COC2)c1. The molecule has 0 bridgehead atoms. The van der Waals surface area contributed by atoms with Crippen LogP contribution in [0.3, 0.4) is 0 Å². The lowest BCUT2D eigenvalue weighted by atomic mass is 10.2. The highest BCUT2D eigenvalue weighted by Crippen LogP contribution is 2.13. The van der Waals surface area contributed by atoms with Gasteiger partial charge in [0.25, 0.3) is 0 Å². The number of nitrogens with two attached hydrogens (primary N) is 1. The first-order valence-corrected chi connectivity index (χ1v) is 5.99. The molecule has 0 spiro atoms. The molecule has 1 aromatic carbocycles. The molecule has 4 nitrogen and oxygen atoms in total. The largest absolute Gasteiger partial charge is 0.493 e. The molecule has 0 amide bonds. The summed E-state index contributed by atoms with van der Waals surface area (Å²) in [5.74, 6) is 0.875. The van der Waals surface area contributed by atoms with Gasteiger partial charge in [-0.05, 0) is 17.7 Å². The van der Waals surface area contributed by atoms with Crippen LogP contribution in [0.4, 0.5) is 0 Å². The number of hydrogen-bond donors (Lipinski definition) is 1. The van der Waals surface area contributed by atoms with Gasteiger partial charge < -0.3 is 19.9 Å². The van der Waals surface area contributed by atoms with Crippen LogP contribution in [0.15, 0.2) is 24.3 Å². The standard InChI is InChI=1S/C13H19NO3/c14-8-11-3-1-4-12(7-11)16-5-2-6-17-13-9-15-10-13/h1,3-4,7,13H,2,5-6,8-10,14H2. The molecule has 2 rings (SSSR count). The van der Waals surface area contributed by atoms with Gasteiger partial charge in [0.2, 0.25) is 0 Å². The van der Waals surface area contributed by atoms with Gasteiger partial charge in [-0.25, -0.2) is 0 Å². The van der Waals surface area contributed by atoms with Crippen molar-refractivity contribution >= 4 is 0 Å². The minimum atomic E-state index is 0.301. The molecule has 1 fully saturated rings. The van der Waals surface area contributed by atoms with E-state index in [1.54, 1.807) is 0 Å². The summed E-state index contributed by atoms with van der Waals surface area (Å²) in [4.78, 5) is 0. The van der Waals surface area contributed by atoms with Crippen molar-refractivity contribution in [2.45, 2.75) is 19.1 Å². The van der Waals surface area contributed by atoms with Gasteiger partial charge in [-0.2, -0.15) is 0 Å². The number of benzene rings is 1. The van der Waals surface area contributed by atoms with Crippen molar-refractivity contribution in [3.8, 4) is 5.75 Å². The smallest absolute Gasteiger partial charge is 0.119 e. The van der Waals surface area contributed by atoms with Crippen LogP contribution >= 0.6 is 0 Å². The lowest BCUT2D eigenvalue weighted by molar-refractivity contribution is -0.130. The Morgan fingerprint density at radius 1 is 1.29 bits per heavy atom. The average Bonchev–Trinajstić information content (AvgIpc) is 2.31. The second kappa shape index (κ2) is 6.59. The van der Waals surface area contributed by atoms with Crippen molar-refractivity contribution in [2.24, 2.45) is 5.73 Å². The van der Waals surface area contributed by atoms with E-state index in [-0.39, 0.29) is 0 Å². The zero-order chi connectivity index (χ0) is 11.9. The summed E-state index contributed by atoms with van der Waals surface area (Å²) >= 11 is 0. The summed E-state index contributed by atoms with van der Waals surface area (Å²) in [5, 5.41) is 0. The van der Waals surface area contributed by atoms with E-state index < -0.39 is 0 Å². The van der Waals surface area contributed by atoms with Crippen LogP contribution in [0.5, 0.6) is 5.75 Å². The number of ether oxygens (including phenoxy) is 3. The third-order valence-corrected chi connectivity index (χ3v) is 2.65. The maximum Gasteiger partial charge on any atom is 0.119 e. The second-order valence-electron chi connectivity index (χ2n) is 4.08. The zero-order valence-electron chi connectivity index (χ0n) is 9.93. The van der Waals surface area contributed by atoms with Gasteiger partial charge in [0, 0.05) is 13.0 Å². The molecule has 1 aromatic rings. The van der Waals surface area contributed by atoms with Crippen LogP contribution < -0.4 is 10.5 Å². The molecule has 0 saturated carbocycles. The second-order valence-corrected chi connectivity index (χ2v) is 4.08. The van der Waals surface area contributed by atoms with Gasteiger partial charge in [0.15, 0.2) is 0 Å². The Hall–Kier alpha value is -1.10. The fraction of sp³-hybridized carbons (Fsp3) is 0.538. The highest BCUT2D eigenvalue weighted by atomic mass is 16.6. The van der Waals surface area contributed by atoms with Gasteiger partial charge in [0.05, 0.1) is 26.4 Å². The third-order valence-electron chi connectivity index (χ3n) is 2.65. The van der Waals surface area contributed by atoms with Crippen LogP contribution in [0.25, 0.3) is 0 Å². The highest BCUT2D eigenvalue weighted by Gasteiger charge is 2.17. The summed E-state index contributed by atoms with van der Waals surface area (Å²) in [7, 11) is 0. The fourth-order valence-electron chi connectivity index (χ4n) is 1.57. The Kier molecular flexibility index (Phi) is 4.79. The maximum absolute atomic E-state index is 5.62. The van der Waals surface area contributed by atoms with Gasteiger partial charge in [-0.1, -0.05) is 12.1 Å². The van der Waals surface area contributed by atoms with E-state index in [4.69, 9.17) is 19.9 Å². The van der Waals surface area contributed by atoms with Crippen molar-refractivity contribution < 1.29 is 14.2 Å². The predicted molar refractivity (Wildman–Crippen MR) is 65.0 cm³/mol. The van der Waals surface area contributed by atoms with Crippen molar-refractivity contribution in [1.82, 2.24) is 0 Å². The molecule has 0 unspecified atom stereocenters. The molecule has 1 saturated heterocycles. The van der Waals surface area contributed by atoms with E-state index in [0.29, 0.717) is 19.3 Å². The minimum absolute atomic E-state index is 0.301. The normalized spacial score (nSPS) is 15.6. The Morgan fingerprint density at radius 2 is 2.18 bits per heavy atom. The first-order valence-electron chi connectivity index (χ1n) is 5.99. The van der Waals surface area contributed by atoms with Gasteiger partial charge >= 0.3 is 0 Å². The van der Waals surface area contributed by atoms with Crippen molar-refractivity contribution in [2.75, 3.05) is 26.4 Å². The third kappa shape index (κ3) is 4.00. The summed E-state index contributed by atoms with van der Waals surface area (Å²) in [5.41, 5.74) is 6.65. The molecule has 0 radical (unpaired) electrons. The molecule has 94 valence electrons. The molecule has 0 aliphatic carbocycles. The molecule has 0 aromatic heterocycles. The highest BCUT2D eigenvalue weighted by molar-refractivity contribution is 5.28. The van der Waals surface area contributed by atoms with Gasteiger partial charge in [-0.3, -0.25) is 0 Å². The molecular formula is C13H19NO3. The lowest BCUT2D eigenvalue weighted by Crippen LogP contribution is -2.36. The molecule has 0 atom stereocenters. The molecule has 4 heteroatoms. The van der Waals surface area contributed by atoms with E-state index in [9.17, 15) is 0 Å². The molecule has 1 aliphatic heterocycles. The summed E-state index contributed by atoms with van der Waals surface area (Å²) in [6, 6.07) is 7.87. The maximum atomic E-state index is 5.62. The fourth-order valence-corrected chi connectivity index (χ4v) is 1.57. The Labute approximate surface area is 102 Å². The first-order chi connectivity index (χ1) is 8.38. The Morgan fingerprint density at radius 3 is 2.88 bits per heavy atom. The molecule has 1 aliphatic rings. The van der Waals surface area contributed by atoms with E-state index >= 15 is 0 Å². The van der Waals surface area contributed by atoms with E-state index in [0.717, 1.165) is 37.6 Å². The van der Waals surface area contributed by atoms with Gasteiger partial charge in [-0.15, -0.1) is 0 Å². The Bertz CT molecular complexity index is 339. The molecule has 17 heavy (non-hydrogen) atoms. The number of rotatable bonds is 7. The van der Waals surface area contributed by atoms with Crippen LogP contribution in [0.2, 0.25) is 0 Å². The summed E-state index contributed by atoms with van der Waals surface area (Å²) in [6.07, 6.45) is 1.19. The minimum Gasteiger partial charge on any atom is -0.493 e. The first kappa shape index (κ1) is 12.4. The quantitative estimate of drug-likeness (QED) is 0.727. The molecular weight excluding hydrogens is 218 g/mol. The van der Waals surface area contributed by atoms with Crippen LogP contribution in [0, 0.1) is 0 Å². The van der Waals surface area contributed by atoms with E-state index in [1.165, 1.54) is 0 Å². The van der Waals surface area contributed by atoms with Crippen molar-refractivity contribution in [3.63, 3.8) is 0 Å². The van der Waals surface area contributed by atoms with E-state index in [1.807, 2.05) is 24.3 Å². The van der Waals surface area contributed by atoms with Crippen LogP contribution in [-0.4, -0.2) is 32.5 Å². The number of hydrogen-bond acceptors (Lipinski definition) is 4. The monoisotopic (exact) mass is 237 g/mol. The molecule has 1 heterocycles. The van der Waals surface area contributed by atoms with Gasteiger partial charge in [0.1, 0.15) is 11.9 Å². The lowest BCUT2D eigenvalue weighted by Gasteiger charge is -2.25. The van der Waals surface area contributed by atoms with Crippen molar-refractivity contribution in [3.05, 3.63) is 29.8 Å². The average molecular weight is 237 g/mol. The Balaban J connectivity index is 1.60. The summed E-state index contributed by atoms with van der Waals surface area (Å²) in [6.45, 7) is 3.41. The molecule has 2 N–H and O–H groups in total. The van der Waals surface area contributed by atoms with Crippen LogP contribution in [0.1, 0.15) is 12.0 Å².